The highest BCUT2D eigenvalue weighted by Crippen LogP contribution is 2.27. The molecule has 0 spiro atoms. The smallest absolute Gasteiger partial charge is 0.313 e. The summed E-state index contributed by atoms with van der Waals surface area (Å²) in [6.07, 6.45) is 7.33. The summed E-state index contributed by atoms with van der Waals surface area (Å²) in [6.45, 7) is 4.32. The zero-order valence-corrected chi connectivity index (χ0v) is 16.3. The molecular weight excluding hydrogens is 360 g/mol. The molecule has 0 aromatic heterocycles. The zero-order valence-electron chi connectivity index (χ0n) is 16.3. The number of amides is 2. The van der Waals surface area contributed by atoms with E-state index in [0.29, 0.717) is 18.0 Å². The molecule has 0 bridgehead atoms. The van der Waals surface area contributed by atoms with E-state index in [2.05, 4.69) is 15.5 Å². The first kappa shape index (κ1) is 20.3. The number of piperidine rings is 1. The summed E-state index contributed by atoms with van der Waals surface area (Å²) in [6, 6.07) is 4.91. The summed E-state index contributed by atoms with van der Waals surface area (Å²) in [5.41, 5.74) is 0.806. The van der Waals surface area contributed by atoms with E-state index in [4.69, 9.17) is 0 Å². The van der Waals surface area contributed by atoms with Crippen LogP contribution in [0.25, 0.3) is 0 Å². The Labute approximate surface area is 164 Å². The van der Waals surface area contributed by atoms with Gasteiger partial charge in [-0.25, -0.2) is 0 Å². The molecule has 152 valence electrons. The lowest BCUT2D eigenvalue weighted by Crippen LogP contribution is -2.44. The second kappa shape index (κ2) is 9.14. The lowest BCUT2D eigenvalue weighted by molar-refractivity contribution is -0.384. The van der Waals surface area contributed by atoms with Gasteiger partial charge in [0.2, 0.25) is 0 Å². The van der Waals surface area contributed by atoms with E-state index in [1.54, 1.807) is 13.0 Å². The number of carbonyl (C=O) groups excluding carboxylic acids is 2. The maximum atomic E-state index is 12.1. The lowest BCUT2D eigenvalue weighted by Gasteiger charge is -2.36. The van der Waals surface area contributed by atoms with Gasteiger partial charge in [0.25, 0.3) is 5.69 Å². The number of nitro groups is 1. The number of nitrogens with one attached hydrogen (secondary N) is 2. The van der Waals surface area contributed by atoms with E-state index in [1.165, 1.54) is 37.8 Å². The molecule has 2 aliphatic rings. The Morgan fingerprint density at radius 1 is 1.14 bits per heavy atom. The van der Waals surface area contributed by atoms with Crippen LogP contribution >= 0.6 is 0 Å². The number of nitrogens with zero attached hydrogens (tertiary/aromatic N) is 2. The van der Waals surface area contributed by atoms with Crippen LogP contribution in [0, 0.1) is 23.0 Å². The van der Waals surface area contributed by atoms with E-state index >= 15 is 0 Å². The molecule has 0 unspecified atom stereocenters. The highest BCUT2D eigenvalue weighted by Gasteiger charge is 2.27. The van der Waals surface area contributed by atoms with Gasteiger partial charge in [0.05, 0.1) is 10.6 Å². The Bertz CT molecular complexity index is 738. The third-order valence-corrected chi connectivity index (χ3v) is 5.93. The zero-order chi connectivity index (χ0) is 20.1. The van der Waals surface area contributed by atoms with Crippen LogP contribution in [0.4, 0.5) is 11.4 Å². The van der Waals surface area contributed by atoms with Crippen LogP contribution in [-0.4, -0.2) is 47.3 Å². The first-order chi connectivity index (χ1) is 13.4. The molecule has 1 saturated heterocycles. The number of likely N-dealkylation sites (tertiary alicyclic amines) is 1. The van der Waals surface area contributed by atoms with Crippen LogP contribution in [0.5, 0.6) is 0 Å². The van der Waals surface area contributed by atoms with Gasteiger partial charge in [0, 0.05) is 24.7 Å². The quantitative estimate of drug-likeness (QED) is 0.458. The highest BCUT2D eigenvalue weighted by molar-refractivity contribution is 6.39. The molecule has 0 atom stereocenters. The summed E-state index contributed by atoms with van der Waals surface area (Å²) in [5.74, 6) is -1.12. The van der Waals surface area contributed by atoms with Gasteiger partial charge in [0.1, 0.15) is 0 Å². The number of nitro benzene ring substituents is 1. The highest BCUT2D eigenvalue weighted by atomic mass is 16.6. The number of aryl methyl sites for hydroxylation is 1. The number of non-ortho nitro benzene ring substituents is 1. The maximum Gasteiger partial charge on any atom is 0.313 e. The van der Waals surface area contributed by atoms with Crippen LogP contribution in [0.3, 0.4) is 0 Å². The number of hydrogen-bond acceptors (Lipinski definition) is 5. The molecule has 1 aliphatic carbocycles. The van der Waals surface area contributed by atoms with Crippen molar-refractivity contribution in [3.05, 3.63) is 33.9 Å². The van der Waals surface area contributed by atoms with Crippen LogP contribution in [0.15, 0.2) is 18.2 Å². The molecule has 1 saturated carbocycles. The van der Waals surface area contributed by atoms with E-state index in [9.17, 15) is 19.7 Å². The minimum absolute atomic E-state index is 0.129. The summed E-state index contributed by atoms with van der Waals surface area (Å²) < 4.78 is 0. The van der Waals surface area contributed by atoms with Crippen LogP contribution < -0.4 is 10.6 Å². The third-order valence-electron chi connectivity index (χ3n) is 5.93. The van der Waals surface area contributed by atoms with Crippen molar-refractivity contribution >= 4 is 23.2 Å². The molecule has 0 radical (unpaired) electrons. The molecule has 2 N–H and O–H groups in total. The van der Waals surface area contributed by atoms with Gasteiger partial charge in [-0.15, -0.1) is 0 Å². The van der Waals surface area contributed by atoms with Crippen LogP contribution in [0.2, 0.25) is 0 Å². The molecule has 2 amide bonds. The van der Waals surface area contributed by atoms with Crippen molar-refractivity contribution in [1.82, 2.24) is 10.2 Å². The molecule has 1 heterocycles. The molecule has 3 rings (SSSR count). The van der Waals surface area contributed by atoms with Crippen molar-refractivity contribution in [1.29, 1.82) is 0 Å². The van der Waals surface area contributed by atoms with E-state index < -0.39 is 16.7 Å². The van der Waals surface area contributed by atoms with Gasteiger partial charge in [-0.2, -0.15) is 0 Å². The van der Waals surface area contributed by atoms with Gasteiger partial charge in [0.15, 0.2) is 0 Å². The second-order valence-electron chi connectivity index (χ2n) is 7.84. The molecule has 1 aromatic rings. The van der Waals surface area contributed by atoms with Crippen molar-refractivity contribution in [2.75, 3.05) is 25.0 Å². The molecule has 1 aromatic carbocycles. The van der Waals surface area contributed by atoms with Crippen LogP contribution in [-0.2, 0) is 9.59 Å². The second-order valence-corrected chi connectivity index (χ2v) is 7.84. The minimum Gasteiger partial charge on any atom is -0.348 e. The molecule has 1 aliphatic heterocycles. The molecule has 8 nitrogen and oxygen atoms in total. The van der Waals surface area contributed by atoms with Crippen molar-refractivity contribution in [3.63, 3.8) is 0 Å². The van der Waals surface area contributed by atoms with Gasteiger partial charge < -0.3 is 15.5 Å². The van der Waals surface area contributed by atoms with Gasteiger partial charge in [-0.1, -0.05) is 18.9 Å². The topological polar surface area (TPSA) is 105 Å². The Hall–Kier alpha value is -2.48. The Kier molecular flexibility index (Phi) is 6.61. The maximum absolute atomic E-state index is 12.1. The predicted molar refractivity (Wildman–Crippen MR) is 106 cm³/mol. The molecule has 28 heavy (non-hydrogen) atoms. The average molecular weight is 388 g/mol. The van der Waals surface area contributed by atoms with Crippen molar-refractivity contribution in [3.8, 4) is 0 Å². The predicted octanol–water partition coefficient (Wildman–Crippen LogP) is 2.61. The van der Waals surface area contributed by atoms with E-state index in [0.717, 1.165) is 32.0 Å². The van der Waals surface area contributed by atoms with Crippen molar-refractivity contribution in [2.24, 2.45) is 5.92 Å². The van der Waals surface area contributed by atoms with Gasteiger partial charge in [-0.05, 0) is 57.2 Å². The summed E-state index contributed by atoms with van der Waals surface area (Å²) >= 11 is 0. The monoisotopic (exact) mass is 388 g/mol. The Balaban J connectivity index is 1.44. The Morgan fingerprint density at radius 3 is 2.46 bits per heavy atom. The van der Waals surface area contributed by atoms with Gasteiger partial charge >= 0.3 is 11.8 Å². The first-order valence-corrected chi connectivity index (χ1v) is 10.0. The summed E-state index contributed by atoms with van der Waals surface area (Å²) in [5, 5.41) is 16.1. The number of carbonyl (C=O) groups is 2. The van der Waals surface area contributed by atoms with Crippen molar-refractivity contribution in [2.45, 2.75) is 51.5 Å². The Morgan fingerprint density at radius 2 is 1.82 bits per heavy atom. The average Bonchev–Trinajstić information content (AvgIpc) is 3.22. The van der Waals surface area contributed by atoms with Gasteiger partial charge in [-0.3, -0.25) is 19.7 Å². The first-order valence-electron chi connectivity index (χ1n) is 10.0. The van der Waals surface area contributed by atoms with Crippen LogP contribution in [0.1, 0.15) is 44.1 Å². The SMILES string of the molecule is Cc1ccc([N+](=O)[O-])cc1NC(=O)C(=O)NCC1CCN(C2CCCC2)CC1. The fourth-order valence-electron chi connectivity index (χ4n) is 4.15. The summed E-state index contributed by atoms with van der Waals surface area (Å²) in [7, 11) is 0. The molecule has 2 fully saturated rings. The standard InChI is InChI=1S/C20H28N4O4/c1-14-6-7-17(24(27)28)12-18(14)22-20(26)19(25)21-13-15-8-10-23(11-9-15)16-4-2-3-5-16/h6-7,12,15-16H,2-5,8-11,13H2,1H3,(H,21,25)(H,22,26). The molecule has 8 heteroatoms. The normalized spacial score (nSPS) is 18.8. The molecular formula is C20H28N4O4. The fourth-order valence-corrected chi connectivity index (χ4v) is 4.15. The minimum atomic E-state index is -0.799. The largest absolute Gasteiger partial charge is 0.348 e. The fraction of sp³-hybridized carbons (Fsp3) is 0.600. The number of hydrogen-bond donors (Lipinski definition) is 2. The number of benzene rings is 1. The number of anilines is 1. The van der Waals surface area contributed by atoms with Crippen molar-refractivity contribution < 1.29 is 14.5 Å². The third kappa shape index (κ3) is 5.07. The van der Waals surface area contributed by atoms with E-state index in [1.807, 2.05) is 0 Å². The number of rotatable bonds is 5. The van der Waals surface area contributed by atoms with E-state index in [-0.39, 0.29) is 11.4 Å². The summed E-state index contributed by atoms with van der Waals surface area (Å²) in [4.78, 5) is 37.2. The lowest BCUT2D eigenvalue weighted by atomic mass is 9.95.